The van der Waals surface area contributed by atoms with Crippen molar-refractivity contribution in [3.05, 3.63) is 52.0 Å². The normalized spacial score (nSPS) is 11.5. The number of hydrogen-bond donors (Lipinski definition) is 1. The van der Waals surface area contributed by atoms with E-state index in [4.69, 9.17) is 0 Å². The monoisotopic (exact) mass is 303 g/mol. The summed E-state index contributed by atoms with van der Waals surface area (Å²) in [7, 11) is 2.14. The molecule has 0 fully saturated rings. The van der Waals surface area contributed by atoms with E-state index in [0.717, 1.165) is 31.9 Å². The van der Waals surface area contributed by atoms with Gasteiger partial charge in [-0.25, -0.2) is 0 Å². The molecule has 1 N–H and O–H groups in total. The Morgan fingerprint density at radius 1 is 1.24 bits per heavy atom. The van der Waals surface area contributed by atoms with Crippen molar-refractivity contribution in [3.8, 4) is 0 Å². The van der Waals surface area contributed by atoms with Crippen molar-refractivity contribution in [1.82, 2.24) is 15.2 Å². The van der Waals surface area contributed by atoms with Gasteiger partial charge in [-0.05, 0) is 42.6 Å². The minimum Gasteiger partial charge on any atom is -0.312 e. The quantitative estimate of drug-likeness (QED) is 0.809. The third kappa shape index (κ3) is 5.96. The Morgan fingerprint density at radius 3 is 2.71 bits per heavy atom. The first-order chi connectivity index (χ1) is 10.1. The van der Waals surface area contributed by atoms with Gasteiger partial charge in [-0.15, -0.1) is 11.3 Å². The molecule has 114 valence electrons. The number of nitrogens with one attached hydrogen (secondary N) is 1. The lowest BCUT2D eigenvalue weighted by molar-refractivity contribution is 0.318. The molecular formula is C17H25N3S. The number of aromatic nitrogens is 1. The predicted octanol–water partition coefficient (Wildman–Crippen LogP) is 3.52. The molecule has 0 aliphatic carbocycles. The van der Waals surface area contributed by atoms with Gasteiger partial charge in [-0.3, -0.25) is 9.88 Å². The summed E-state index contributed by atoms with van der Waals surface area (Å²) in [6, 6.07) is 8.59. The highest BCUT2D eigenvalue weighted by molar-refractivity contribution is 7.09. The summed E-state index contributed by atoms with van der Waals surface area (Å²) < 4.78 is 0. The molecule has 0 radical (unpaired) electrons. The van der Waals surface area contributed by atoms with Gasteiger partial charge in [0.2, 0.25) is 0 Å². The van der Waals surface area contributed by atoms with Crippen molar-refractivity contribution >= 4 is 11.3 Å². The van der Waals surface area contributed by atoms with Gasteiger partial charge in [-0.1, -0.05) is 26.0 Å². The van der Waals surface area contributed by atoms with Gasteiger partial charge in [0.05, 0.1) is 5.69 Å². The number of rotatable bonds is 8. The molecule has 0 aliphatic heterocycles. The molecular weight excluding hydrogens is 278 g/mol. The Bertz CT molecular complexity index is 505. The second kappa shape index (κ2) is 8.27. The molecule has 21 heavy (non-hydrogen) atoms. The van der Waals surface area contributed by atoms with Gasteiger partial charge in [0, 0.05) is 30.7 Å². The molecule has 0 saturated carbocycles. The molecule has 2 aromatic rings. The van der Waals surface area contributed by atoms with Crippen molar-refractivity contribution in [2.75, 3.05) is 13.6 Å². The molecule has 2 heterocycles. The zero-order chi connectivity index (χ0) is 15.1. The number of thiophene rings is 1. The molecule has 3 nitrogen and oxygen atoms in total. The van der Waals surface area contributed by atoms with Gasteiger partial charge < -0.3 is 5.32 Å². The fraction of sp³-hybridized carbons (Fsp3) is 0.471. The van der Waals surface area contributed by atoms with Crippen molar-refractivity contribution in [2.45, 2.75) is 33.5 Å². The van der Waals surface area contributed by atoms with Crippen molar-refractivity contribution in [1.29, 1.82) is 0 Å². The SMILES string of the molecule is CC(C)CNCc1ccc(CN(C)Cc2cccs2)nc1. The molecule has 2 rings (SSSR count). The van der Waals surface area contributed by atoms with Gasteiger partial charge in [0.15, 0.2) is 0 Å². The predicted molar refractivity (Wildman–Crippen MR) is 90.3 cm³/mol. The van der Waals surface area contributed by atoms with Crippen LogP contribution in [0.5, 0.6) is 0 Å². The molecule has 0 amide bonds. The highest BCUT2D eigenvalue weighted by Gasteiger charge is 2.04. The summed E-state index contributed by atoms with van der Waals surface area (Å²) in [6.07, 6.45) is 1.99. The lowest BCUT2D eigenvalue weighted by Crippen LogP contribution is -2.19. The van der Waals surface area contributed by atoms with Crippen LogP contribution in [0.15, 0.2) is 35.8 Å². The highest BCUT2D eigenvalue weighted by Crippen LogP contribution is 2.12. The van der Waals surface area contributed by atoms with Crippen LogP contribution in [0.1, 0.15) is 30.0 Å². The van der Waals surface area contributed by atoms with Gasteiger partial charge in [0.25, 0.3) is 0 Å². The lowest BCUT2D eigenvalue weighted by atomic mass is 10.2. The third-order valence-corrected chi connectivity index (χ3v) is 4.07. The summed E-state index contributed by atoms with van der Waals surface area (Å²) >= 11 is 1.81. The molecule has 0 unspecified atom stereocenters. The average Bonchev–Trinajstić information content (AvgIpc) is 2.93. The standard InChI is InChI=1S/C17H25N3S/c1-14(2)9-18-10-15-6-7-16(19-11-15)12-20(3)13-17-5-4-8-21-17/h4-8,11,14,18H,9-10,12-13H2,1-3H3. The molecule has 0 aliphatic rings. The average molecular weight is 303 g/mol. The van der Waals surface area contributed by atoms with Crippen molar-refractivity contribution in [3.63, 3.8) is 0 Å². The molecule has 2 aromatic heterocycles. The van der Waals surface area contributed by atoms with Crippen molar-refractivity contribution < 1.29 is 0 Å². The van der Waals surface area contributed by atoms with Crippen LogP contribution in [0.2, 0.25) is 0 Å². The second-order valence-electron chi connectivity index (χ2n) is 5.93. The zero-order valence-electron chi connectivity index (χ0n) is 13.2. The molecule has 0 saturated heterocycles. The summed E-state index contributed by atoms with van der Waals surface area (Å²) in [5.74, 6) is 0.683. The van der Waals surface area contributed by atoms with Crippen molar-refractivity contribution in [2.24, 2.45) is 5.92 Å². The van der Waals surface area contributed by atoms with E-state index >= 15 is 0 Å². The first kappa shape index (κ1) is 16.1. The van der Waals surface area contributed by atoms with Crippen LogP contribution in [-0.2, 0) is 19.6 Å². The third-order valence-electron chi connectivity index (χ3n) is 3.21. The maximum absolute atomic E-state index is 4.57. The maximum Gasteiger partial charge on any atom is 0.0544 e. The molecule has 0 atom stereocenters. The number of hydrogen-bond acceptors (Lipinski definition) is 4. The molecule has 0 aromatic carbocycles. The van der Waals surface area contributed by atoms with Crippen LogP contribution < -0.4 is 5.32 Å². The number of nitrogens with zero attached hydrogens (tertiary/aromatic N) is 2. The Morgan fingerprint density at radius 2 is 2.10 bits per heavy atom. The van der Waals surface area contributed by atoms with E-state index in [1.54, 1.807) is 11.3 Å². The van der Waals surface area contributed by atoms with E-state index in [0.29, 0.717) is 5.92 Å². The summed E-state index contributed by atoms with van der Waals surface area (Å²) in [6.45, 7) is 8.26. The Hall–Kier alpha value is -1.23. The van der Waals surface area contributed by atoms with Gasteiger partial charge >= 0.3 is 0 Å². The van der Waals surface area contributed by atoms with Crippen LogP contribution >= 0.6 is 11.3 Å². The zero-order valence-corrected chi connectivity index (χ0v) is 14.0. The minimum absolute atomic E-state index is 0.683. The van der Waals surface area contributed by atoms with Crippen LogP contribution in [0.25, 0.3) is 0 Å². The molecule has 0 bridgehead atoms. The summed E-state index contributed by atoms with van der Waals surface area (Å²) in [5.41, 5.74) is 2.38. The second-order valence-corrected chi connectivity index (χ2v) is 6.97. The van der Waals surface area contributed by atoms with Crippen LogP contribution in [0.3, 0.4) is 0 Å². The summed E-state index contributed by atoms with van der Waals surface area (Å²) in [4.78, 5) is 8.26. The smallest absolute Gasteiger partial charge is 0.0544 e. The fourth-order valence-electron chi connectivity index (χ4n) is 2.16. The minimum atomic E-state index is 0.683. The largest absolute Gasteiger partial charge is 0.312 e. The maximum atomic E-state index is 4.57. The van der Waals surface area contributed by atoms with Crippen LogP contribution in [-0.4, -0.2) is 23.5 Å². The van der Waals surface area contributed by atoms with E-state index in [1.165, 1.54) is 10.4 Å². The Labute approximate surface area is 132 Å². The Kier molecular flexibility index (Phi) is 6.36. The first-order valence-electron chi connectivity index (χ1n) is 7.49. The fourth-order valence-corrected chi connectivity index (χ4v) is 2.94. The molecule has 0 spiro atoms. The van der Waals surface area contributed by atoms with Crippen LogP contribution in [0.4, 0.5) is 0 Å². The lowest BCUT2D eigenvalue weighted by Gasteiger charge is -2.15. The van der Waals surface area contributed by atoms with E-state index < -0.39 is 0 Å². The first-order valence-corrected chi connectivity index (χ1v) is 8.37. The molecule has 4 heteroatoms. The van der Waals surface area contributed by atoms with E-state index in [9.17, 15) is 0 Å². The van der Waals surface area contributed by atoms with Gasteiger partial charge in [-0.2, -0.15) is 0 Å². The Balaban J connectivity index is 1.78. The van der Waals surface area contributed by atoms with Gasteiger partial charge in [0.1, 0.15) is 0 Å². The number of pyridine rings is 1. The summed E-state index contributed by atoms with van der Waals surface area (Å²) in [5, 5.41) is 5.57. The van der Waals surface area contributed by atoms with E-state index in [2.05, 4.69) is 65.7 Å². The van der Waals surface area contributed by atoms with E-state index in [1.807, 2.05) is 6.20 Å². The highest BCUT2D eigenvalue weighted by atomic mass is 32.1. The van der Waals surface area contributed by atoms with E-state index in [-0.39, 0.29) is 0 Å². The topological polar surface area (TPSA) is 28.2 Å². The van der Waals surface area contributed by atoms with Crippen LogP contribution in [0, 0.1) is 5.92 Å².